The molecule has 0 unspecified atom stereocenters. The summed E-state index contributed by atoms with van der Waals surface area (Å²) in [5, 5.41) is 5.32. The molecule has 37 heavy (non-hydrogen) atoms. The van der Waals surface area contributed by atoms with Crippen molar-refractivity contribution >= 4 is 29.9 Å². The molecule has 0 aliphatic heterocycles. The molecule has 0 aliphatic carbocycles. The number of pyridine rings is 1. The number of aromatic nitrogens is 1. The van der Waals surface area contributed by atoms with Gasteiger partial charge >= 0.3 is 6.09 Å². The van der Waals surface area contributed by atoms with Crippen molar-refractivity contribution in [3.8, 4) is 11.3 Å². The van der Waals surface area contributed by atoms with Gasteiger partial charge in [0.15, 0.2) is 0 Å². The van der Waals surface area contributed by atoms with Crippen LogP contribution in [0.2, 0.25) is 0 Å². The normalized spacial score (nSPS) is 10.9. The zero-order valence-electron chi connectivity index (χ0n) is 21.5. The summed E-state index contributed by atoms with van der Waals surface area (Å²) in [6.45, 7) is 7.61. The summed E-state index contributed by atoms with van der Waals surface area (Å²) in [5.74, 6) is -0.500. The molecule has 1 aromatic heterocycles. The third kappa shape index (κ3) is 8.62. The van der Waals surface area contributed by atoms with Gasteiger partial charge in [0, 0.05) is 41.4 Å². The molecule has 3 amide bonds. The molecule has 2 aromatic carbocycles. The van der Waals surface area contributed by atoms with Crippen LogP contribution >= 0.6 is 11.9 Å². The number of nitrogens with zero attached hydrogens (tertiary/aromatic N) is 1. The van der Waals surface area contributed by atoms with Crippen molar-refractivity contribution in [3.63, 3.8) is 0 Å². The number of hydrazine groups is 1. The monoisotopic (exact) mass is 521 g/mol. The number of hydrogen-bond acceptors (Lipinski definition) is 7. The summed E-state index contributed by atoms with van der Waals surface area (Å²) in [6, 6.07) is 16.2. The van der Waals surface area contributed by atoms with Crippen LogP contribution in [0.25, 0.3) is 11.3 Å². The van der Waals surface area contributed by atoms with Crippen LogP contribution in [0.15, 0.2) is 65.7 Å². The second kappa shape index (κ2) is 12.4. The number of carbonyl (C=O) groups is 3. The van der Waals surface area contributed by atoms with E-state index in [1.54, 1.807) is 43.6 Å². The smallest absolute Gasteiger partial charge is 0.407 e. The molecule has 0 aliphatic rings. The van der Waals surface area contributed by atoms with Crippen LogP contribution in [-0.2, 0) is 11.3 Å². The predicted molar refractivity (Wildman–Crippen MR) is 144 cm³/mol. The average molecular weight is 522 g/mol. The number of benzene rings is 2. The number of alkyl carbamates (subject to hydrolysis) is 1. The van der Waals surface area contributed by atoms with E-state index in [0.29, 0.717) is 16.8 Å². The maximum absolute atomic E-state index is 12.8. The molecule has 0 bridgehead atoms. The van der Waals surface area contributed by atoms with E-state index in [2.05, 4.69) is 25.9 Å². The Hall–Kier alpha value is -3.89. The number of hydrogen-bond donors (Lipinski definition) is 4. The SMILES string of the molecule is CNC(=O)c1cccc(SNNC(=O)c2cc(C)cc(-c3cc(CNC(=O)OC(C)(C)C)ccn3)c2)c1. The molecule has 3 rings (SSSR count). The van der Waals surface area contributed by atoms with Gasteiger partial charge in [-0.2, -0.15) is 4.83 Å². The molecule has 4 N–H and O–H groups in total. The molecule has 0 saturated heterocycles. The maximum Gasteiger partial charge on any atom is 0.407 e. The first-order valence-corrected chi connectivity index (χ1v) is 12.4. The van der Waals surface area contributed by atoms with E-state index in [4.69, 9.17) is 4.74 Å². The summed E-state index contributed by atoms with van der Waals surface area (Å²) in [7, 11) is 1.57. The summed E-state index contributed by atoms with van der Waals surface area (Å²) in [6.07, 6.45) is 1.17. The lowest BCUT2D eigenvalue weighted by Gasteiger charge is -2.19. The predicted octanol–water partition coefficient (Wildman–Crippen LogP) is 4.38. The Morgan fingerprint density at radius 3 is 2.49 bits per heavy atom. The quantitative estimate of drug-likeness (QED) is 0.256. The highest BCUT2D eigenvalue weighted by Crippen LogP contribution is 2.22. The standard InChI is InChI=1S/C27H31N5O4S/c1-17-11-20(23-13-18(9-10-29-23)16-30-26(35)36-27(2,3)4)14-21(12-17)25(34)31-32-37-22-8-6-7-19(15-22)24(33)28-5/h6-15,32H,16H2,1-5H3,(H,28,33)(H,30,35)(H,31,34). The summed E-state index contributed by atoms with van der Waals surface area (Å²) in [5.41, 5.74) is 6.28. The fourth-order valence-corrected chi connectivity index (χ4v) is 3.93. The zero-order valence-corrected chi connectivity index (χ0v) is 22.3. The Morgan fingerprint density at radius 2 is 1.76 bits per heavy atom. The van der Waals surface area contributed by atoms with Crippen molar-refractivity contribution in [2.24, 2.45) is 0 Å². The maximum atomic E-state index is 12.8. The molecule has 0 radical (unpaired) electrons. The first-order chi connectivity index (χ1) is 17.5. The van der Waals surface area contributed by atoms with Crippen LogP contribution in [0, 0.1) is 6.92 Å². The Morgan fingerprint density at radius 1 is 0.973 bits per heavy atom. The van der Waals surface area contributed by atoms with Gasteiger partial charge in [0.1, 0.15) is 5.60 Å². The molecule has 0 spiro atoms. The molecule has 0 fully saturated rings. The molecule has 9 nitrogen and oxygen atoms in total. The van der Waals surface area contributed by atoms with Gasteiger partial charge in [-0.05, 0) is 99.3 Å². The van der Waals surface area contributed by atoms with Crippen LogP contribution < -0.4 is 20.9 Å². The van der Waals surface area contributed by atoms with E-state index < -0.39 is 11.7 Å². The van der Waals surface area contributed by atoms with E-state index in [-0.39, 0.29) is 18.4 Å². The van der Waals surface area contributed by atoms with E-state index in [0.717, 1.165) is 21.6 Å². The number of ether oxygens (including phenoxy) is 1. The van der Waals surface area contributed by atoms with Gasteiger partial charge in [0.05, 0.1) is 5.69 Å². The lowest BCUT2D eigenvalue weighted by Crippen LogP contribution is -2.32. The first-order valence-electron chi connectivity index (χ1n) is 11.6. The number of amides is 3. The summed E-state index contributed by atoms with van der Waals surface area (Å²) >= 11 is 1.18. The van der Waals surface area contributed by atoms with E-state index >= 15 is 0 Å². The Kier molecular flexibility index (Phi) is 9.26. The summed E-state index contributed by atoms with van der Waals surface area (Å²) < 4.78 is 5.28. The van der Waals surface area contributed by atoms with Crippen molar-refractivity contribution in [2.45, 2.75) is 44.7 Å². The highest BCUT2D eigenvalue weighted by atomic mass is 32.2. The van der Waals surface area contributed by atoms with Crippen LogP contribution in [0.1, 0.15) is 52.6 Å². The van der Waals surface area contributed by atoms with Gasteiger partial charge in [-0.3, -0.25) is 20.0 Å². The van der Waals surface area contributed by atoms with Crippen LogP contribution in [0.5, 0.6) is 0 Å². The van der Waals surface area contributed by atoms with Gasteiger partial charge in [0.2, 0.25) is 0 Å². The molecule has 194 valence electrons. The van der Waals surface area contributed by atoms with Crippen LogP contribution in [0.4, 0.5) is 4.79 Å². The second-order valence-corrected chi connectivity index (χ2v) is 10.1. The Bertz CT molecular complexity index is 1290. The van der Waals surface area contributed by atoms with Gasteiger partial charge in [-0.15, -0.1) is 0 Å². The minimum atomic E-state index is -0.574. The van der Waals surface area contributed by atoms with Crippen LogP contribution in [-0.4, -0.2) is 35.5 Å². The second-order valence-electron chi connectivity index (χ2n) is 9.26. The Labute approximate surface area is 220 Å². The van der Waals surface area contributed by atoms with Crippen molar-refractivity contribution in [1.82, 2.24) is 25.9 Å². The summed E-state index contributed by atoms with van der Waals surface area (Å²) in [4.78, 5) is 44.6. The van der Waals surface area contributed by atoms with E-state index in [9.17, 15) is 14.4 Å². The number of rotatable bonds is 8. The minimum absolute atomic E-state index is 0.183. The van der Waals surface area contributed by atoms with E-state index in [1.165, 1.54) is 11.9 Å². The van der Waals surface area contributed by atoms with Gasteiger partial charge in [-0.25, -0.2) is 4.79 Å². The van der Waals surface area contributed by atoms with Crippen LogP contribution in [0.3, 0.4) is 0 Å². The largest absolute Gasteiger partial charge is 0.444 e. The topological polar surface area (TPSA) is 121 Å². The molecular formula is C27H31N5O4S. The van der Waals surface area contributed by atoms with Crippen molar-refractivity contribution < 1.29 is 19.1 Å². The lowest BCUT2D eigenvalue weighted by molar-refractivity contribution is 0.0523. The molecule has 10 heteroatoms. The number of nitrogens with one attached hydrogen (secondary N) is 4. The number of carbonyl (C=O) groups excluding carboxylic acids is 3. The highest BCUT2D eigenvalue weighted by molar-refractivity contribution is 7.97. The third-order valence-corrected chi connectivity index (χ3v) is 5.65. The molecule has 0 saturated carbocycles. The van der Waals surface area contributed by atoms with Crippen molar-refractivity contribution in [2.75, 3.05) is 7.05 Å². The van der Waals surface area contributed by atoms with E-state index in [1.807, 2.05) is 52.0 Å². The highest BCUT2D eigenvalue weighted by Gasteiger charge is 2.16. The van der Waals surface area contributed by atoms with Crippen molar-refractivity contribution in [1.29, 1.82) is 0 Å². The molecule has 1 heterocycles. The fourth-order valence-electron chi connectivity index (χ4n) is 3.34. The minimum Gasteiger partial charge on any atom is -0.444 e. The fraction of sp³-hybridized carbons (Fsp3) is 0.259. The lowest BCUT2D eigenvalue weighted by atomic mass is 10.0. The van der Waals surface area contributed by atoms with Crippen molar-refractivity contribution in [3.05, 3.63) is 83.0 Å². The average Bonchev–Trinajstić information content (AvgIpc) is 2.86. The molecule has 0 atom stereocenters. The van der Waals surface area contributed by atoms with Gasteiger partial charge < -0.3 is 15.4 Å². The zero-order chi connectivity index (χ0) is 27.0. The Balaban J connectivity index is 1.65. The van der Waals surface area contributed by atoms with Gasteiger partial charge in [0.25, 0.3) is 11.8 Å². The molecular weight excluding hydrogens is 490 g/mol. The first kappa shape index (κ1) is 27.7. The third-order valence-electron chi connectivity index (χ3n) is 4.95. The van der Waals surface area contributed by atoms with Gasteiger partial charge in [-0.1, -0.05) is 6.07 Å². The number of aryl methyl sites for hydroxylation is 1. The molecule has 3 aromatic rings.